The Balaban J connectivity index is 1.32. The van der Waals surface area contributed by atoms with E-state index < -0.39 is 0 Å². The van der Waals surface area contributed by atoms with Crippen LogP contribution < -0.4 is 4.90 Å². The number of aryl methyl sites for hydroxylation is 1. The monoisotopic (exact) mass is 413 g/mol. The van der Waals surface area contributed by atoms with Gasteiger partial charge in [-0.25, -0.2) is 4.39 Å². The SMILES string of the molecule is O=C(CCc1conc1-c1ccc(F)cc1)N1CCN(c2cccc(Cl)c2)CC1. The van der Waals surface area contributed by atoms with Crippen molar-refractivity contribution in [2.45, 2.75) is 12.8 Å². The van der Waals surface area contributed by atoms with Gasteiger partial charge in [-0.15, -0.1) is 0 Å². The number of hydrogen-bond donors (Lipinski definition) is 0. The van der Waals surface area contributed by atoms with E-state index in [2.05, 4.69) is 10.1 Å². The lowest BCUT2D eigenvalue weighted by molar-refractivity contribution is -0.131. The van der Waals surface area contributed by atoms with Crippen molar-refractivity contribution in [1.82, 2.24) is 10.1 Å². The van der Waals surface area contributed by atoms with Crippen LogP contribution in [0.4, 0.5) is 10.1 Å². The summed E-state index contributed by atoms with van der Waals surface area (Å²) in [5.41, 5.74) is 3.36. The second-order valence-corrected chi connectivity index (χ2v) is 7.48. The molecular weight excluding hydrogens is 393 g/mol. The van der Waals surface area contributed by atoms with E-state index in [9.17, 15) is 9.18 Å². The lowest BCUT2D eigenvalue weighted by Gasteiger charge is -2.36. The highest BCUT2D eigenvalue weighted by Gasteiger charge is 2.22. The van der Waals surface area contributed by atoms with Gasteiger partial charge in [0.2, 0.25) is 5.91 Å². The van der Waals surface area contributed by atoms with Gasteiger partial charge < -0.3 is 14.3 Å². The Morgan fingerprint density at radius 2 is 1.86 bits per heavy atom. The number of piperazine rings is 1. The Kier molecular flexibility index (Phi) is 5.81. The molecule has 7 heteroatoms. The van der Waals surface area contributed by atoms with Crippen molar-refractivity contribution in [2.75, 3.05) is 31.1 Å². The van der Waals surface area contributed by atoms with Gasteiger partial charge in [0, 0.05) is 54.4 Å². The van der Waals surface area contributed by atoms with E-state index in [0.29, 0.717) is 36.6 Å². The van der Waals surface area contributed by atoms with Crippen molar-refractivity contribution in [3.05, 3.63) is 71.2 Å². The summed E-state index contributed by atoms with van der Waals surface area (Å²) in [4.78, 5) is 16.8. The summed E-state index contributed by atoms with van der Waals surface area (Å²) in [7, 11) is 0. The van der Waals surface area contributed by atoms with Crippen LogP contribution in [-0.2, 0) is 11.2 Å². The van der Waals surface area contributed by atoms with Crippen molar-refractivity contribution in [2.24, 2.45) is 0 Å². The molecule has 0 unspecified atom stereocenters. The highest BCUT2D eigenvalue weighted by Crippen LogP contribution is 2.24. The van der Waals surface area contributed by atoms with E-state index >= 15 is 0 Å². The summed E-state index contributed by atoms with van der Waals surface area (Å²) in [6, 6.07) is 13.9. The van der Waals surface area contributed by atoms with Crippen molar-refractivity contribution in [3.63, 3.8) is 0 Å². The molecule has 0 saturated carbocycles. The molecule has 3 aromatic rings. The molecule has 1 saturated heterocycles. The van der Waals surface area contributed by atoms with E-state index in [1.54, 1.807) is 18.4 Å². The van der Waals surface area contributed by atoms with E-state index in [1.165, 1.54) is 12.1 Å². The summed E-state index contributed by atoms with van der Waals surface area (Å²) in [5.74, 6) is -0.187. The molecule has 0 aliphatic carbocycles. The topological polar surface area (TPSA) is 49.6 Å². The Bertz CT molecular complexity index is 982. The van der Waals surface area contributed by atoms with Crippen LogP contribution in [0.25, 0.3) is 11.3 Å². The number of hydrogen-bond acceptors (Lipinski definition) is 4. The van der Waals surface area contributed by atoms with Gasteiger partial charge in [-0.3, -0.25) is 4.79 Å². The molecular formula is C22H21ClFN3O2. The molecule has 0 N–H and O–H groups in total. The highest BCUT2D eigenvalue weighted by molar-refractivity contribution is 6.30. The fourth-order valence-corrected chi connectivity index (χ4v) is 3.75. The minimum atomic E-state index is -0.300. The van der Waals surface area contributed by atoms with Gasteiger partial charge in [0.1, 0.15) is 17.8 Å². The lowest BCUT2D eigenvalue weighted by Crippen LogP contribution is -2.48. The zero-order valence-corrected chi connectivity index (χ0v) is 16.6. The number of carbonyl (C=O) groups excluding carboxylic acids is 1. The van der Waals surface area contributed by atoms with Crippen LogP contribution in [0.1, 0.15) is 12.0 Å². The third-order valence-electron chi connectivity index (χ3n) is 5.17. The van der Waals surface area contributed by atoms with E-state index in [-0.39, 0.29) is 11.7 Å². The fourth-order valence-electron chi connectivity index (χ4n) is 3.57. The van der Waals surface area contributed by atoms with Crippen molar-refractivity contribution >= 4 is 23.2 Å². The standard InChI is InChI=1S/C22H21ClFN3O2/c23-18-2-1-3-20(14-18)26-10-12-27(13-11-26)21(28)9-6-17-15-29-25-22(17)16-4-7-19(24)8-5-16/h1-5,7-8,14-15H,6,9-13H2. The Morgan fingerprint density at radius 1 is 1.10 bits per heavy atom. The Morgan fingerprint density at radius 3 is 2.59 bits per heavy atom. The molecule has 1 fully saturated rings. The number of amides is 1. The van der Waals surface area contributed by atoms with Crippen LogP contribution in [0.5, 0.6) is 0 Å². The smallest absolute Gasteiger partial charge is 0.223 e. The van der Waals surface area contributed by atoms with Crippen LogP contribution >= 0.6 is 11.6 Å². The quantitative estimate of drug-likeness (QED) is 0.621. The molecule has 1 amide bonds. The van der Waals surface area contributed by atoms with Gasteiger partial charge in [0.25, 0.3) is 0 Å². The first-order chi connectivity index (χ1) is 14.1. The summed E-state index contributed by atoms with van der Waals surface area (Å²) >= 11 is 6.08. The third-order valence-corrected chi connectivity index (χ3v) is 5.41. The van der Waals surface area contributed by atoms with Crippen molar-refractivity contribution in [1.29, 1.82) is 0 Å². The summed E-state index contributed by atoms with van der Waals surface area (Å²) in [6.07, 6.45) is 2.47. The van der Waals surface area contributed by atoms with Crippen LogP contribution in [0.2, 0.25) is 5.02 Å². The minimum absolute atomic E-state index is 0.113. The molecule has 0 bridgehead atoms. The number of nitrogens with zero attached hydrogens (tertiary/aromatic N) is 3. The van der Waals surface area contributed by atoms with Crippen LogP contribution in [-0.4, -0.2) is 42.1 Å². The second kappa shape index (κ2) is 8.66. The van der Waals surface area contributed by atoms with Gasteiger partial charge >= 0.3 is 0 Å². The maximum absolute atomic E-state index is 13.1. The zero-order valence-electron chi connectivity index (χ0n) is 15.9. The Labute approximate surface area is 173 Å². The maximum atomic E-state index is 13.1. The minimum Gasteiger partial charge on any atom is -0.368 e. The van der Waals surface area contributed by atoms with E-state index in [1.807, 2.05) is 29.2 Å². The first-order valence-corrected chi connectivity index (χ1v) is 9.95. The molecule has 2 aromatic carbocycles. The average Bonchev–Trinajstić information content (AvgIpc) is 3.21. The predicted molar refractivity (Wildman–Crippen MR) is 110 cm³/mol. The summed E-state index contributed by atoms with van der Waals surface area (Å²) in [6.45, 7) is 2.92. The highest BCUT2D eigenvalue weighted by atomic mass is 35.5. The van der Waals surface area contributed by atoms with Crippen LogP contribution in [0, 0.1) is 5.82 Å². The van der Waals surface area contributed by atoms with Crippen LogP contribution in [0.15, 0.2) is 59.3 Å². The Hall–Kier alpha value is -2.86. The number of rotatable bonds is 5. The normalized spacial score (nSPS) is 14.3. The predicted octanol–water partition coefficient (Wildman–Crippen LogP) is 4.42. The molecule has 0 radical (unpaired) electrons. The first-order valence-electron chi connectivity index (χ1n) is 9.57. The molecule has 5 nitrogen and oxygen atoms in total. The molecule has 1 aromatic heterocycles. The molecule has 1 aliphatic heterocycles. The lowest BCUT2D eigenvalue weighted by atomic mass is 10.0. The number of halogens is 2. The van der Waals surface area contributed by atoms with Gasteiger partial charge in [0.05, 0.1) is 0 Å². The van der Waals surface area contributed by atoms with Crippen molar-refractivity contribution < 1.29 is 13.7 Å². The van der Waals surface area contributed by atoms with Crippen LogP contribution in [0.3, 0.4) is 0 Å². The number of anilines is 1. The molecule has 0 spiro atoms. The number of benzene rings is 2. The van der Waals surface area contributed by atoms with Gasteiger partial charge in [0.15, 0.2) is 0 Å². The molecule has 2 heterocycles. The van der Waals surface area contributed by atoms with Gasteiger partial charge in [-0.1, -0.05) is 22.8 Å². The van der Waals surface area contributed by atoms with E-state index in [0.717, 1.165) is 29.9 Å². The molecule has 1 aliphatic rings. The summed E-state index contributed by atoms with van der Waals surface area (Å²) < 4.78 is 18.2. The molecule has 0 atom stereocenters. The largest absolute Gasteiger partial charge is 0.368 e. The number of carbonyl (C=O) groups is 1. The van der Waals surface area contributed by atoms with Crippen molar-refractivity contribution in [3.8, 4) is 11.3 Å². The first kappa shape index (κ1) is 19.5. The third kappa shape index (κ3) is 4.59. The van der Waals surface area contributed by atoms with E-state index in [4.69, 9.17) is 16.1 Å². The molecule has 29 heavy (non-hydrogen) atoms. The zero-order chi connectivity index (χ0) is 20.2. The fraction of sp³-hybridized carbons (Fsp3) is 0.273. The molecule has 4 rings (SSSR count). The summed E-state index contributed by atoms with van der Waals surface area (Å²) in [5, 5.41) is 4.73. The molecule has 150 valence electrons. The second-order valence-electron chi connectivity index (χ2n) is 7.04. The average molecular weight is 414 g/mol. The maximum Gasteiger partial charge on any atom is 0.223 e. The van der Waals surface area contributed by atoms with Gasteiger partial charge in [-0.05, 0) is 48.9 Å². The number of aromatic nitrogens is 1. The van der Waals surface area contributed by atoms with Gasteiger partial charge in [-0.2, -0.15) is 0 Å².